The number of hydrogen-bond donors (Lipinski definition) is 2. The molecule has 2 amide bonds. The Morgan fingerprint density at radius 1 is 0.647 bits per heavy atom. The van der Waals surface area contributed by atoms with E-state index in [9.17, 15) is 19.5 Å². The van der Waals surface area contributed by atoms with Crippen LogP contribution in [-0.2, 0) is 14.4 Å². The fraction of sp³-hybridized carbons (Fsp3) is 0.893. The minimum Gasteiger partial charge on any atom is -0.480 e. The van der Waals surface area contributed by atoms with E-state index in [1.54, 1.807) is 0 Å². The molecule has 0 aliphatic carbocycles. The number of nitrogens with zero attached hydrogens (tertiary/aromatic N) is 1. The third kappa shape index (κ3) is 19.8. The van der Waals surface area contributed by atoms with Gasteiger partial charge < -0.3 is 15.7 Å². The third-order valence-electron chi connectivity index (χ3n) is 6.80. The molecule has 0 aromatic rings. The number of unbranched alkanes of at least 4 members (excludes halogenated alkanes) is 18. The molecule has 0 aliphatic rings. The molecule has 0 fully saturated rings. The minimum absolute atomic E-state index is 0.0339. The predicted molar refractivity (Wildman–Crippen MR) is 141 cm³/mol. The van der Waals surface area contributed by atoms with Crippen molar-refractivity contribution < 1.29 is 19.5 Å². The number of amides is 2. The van der Waals surface area contributed by atoms with Gasteiger partial charge in [0.05, 0.1) is 0 Å². The Bertz CT molecular complexity index is 525. The fourth-order valence-electron chi connectivity index (χ4n) is 4.47. The van der Waals surface area contributed by atoms with Gasteiger partial charge in [-0.2, -0.15) is 0 Å². The molecule has 0 heterocycles. The molecule has 0 aromatic carbocycles. The maximum Gasteiger partial charge on any atom is 0.326 e. The van der Waals surface area contributed by atoms with E-state index in [4.69, 9.17) is 5.73 Å². The van der Waals surface area contributed by atoms with Gasteiger partial charge in [-0.1, -0.05) is 122 Å². The molecule has 0 radical (unpaired) electrons. The van der Waals surface area contributed by atoms with Crippen LogP contribution in [0.25, 0.3) is 0 Å². The Morgan fingerprint density at radius 2 is 1.00 bits per heavy atom. The van der Waals surface area contributed by atoms with Crippen molar-refractivity contribution in [3.8, 4) is 0 Å². The summed E-state index contributed by atoms with van der Waals surface area (Å²) in [5, 5.41) is 9.29. The van der Waals surface area contributed by atoms with Gasteiger partial charge in [-0.3, -0.25) is 9.59 Å². The summed E-state index contributed by atoms with van der Waals surface area (Å²) < 4.78 is 0. The molecule has 0 saturated carbocycles. The number of carboxylic acid groups (broad SMARTS) is 1. The average Bonchev–Trinajstić information content (AvgIpc) is 2.80. The molecular formula is C28H54N2O4. The van der Waals surface area contributed by atoms with Crippen molar-refractivity contribution in [2.24, 2.45) is 5.73 Å². The van der Waals surface area contributed by atoms with Crippen molar-refractivity contribution in [1.29, 1.82) is 0 Å². The van der Waals surface area contributed by atoms with Crippen molar-refractivity contribution in [2.75, 3.05) is 7.05 Å². The molecule has 0 aromatic heterocycles. The topological polar surface area (TPSA) is 101 Å². The van der Waals surface area contributed by atoms with Crippen LogP contribution in [0.15, 0.2) is 0 Å². The Kier molecular flexibility index (Phi) is 22.1. The van der Waals surface area contributed by atoms with Crippen molar-refractivity contribution in [3.05, 3.63) is 0 Å². The normalized spacial score (nSPS) is 11.9. The van der Waals surface area contributed by atoms with Gasteiger partial charge in [-0.15, -0.1) is 0 Å². The van der Waals surface area contributed by atoms with Crippen LogP contribution in [-0.4, -0.2) is 40.9 Å². The lowest BCUT2D eigenvalue weighted by molar-refractivity contribution is -0.149. The van der Waals surface area contributed by atoms with Crippen molar-refractivity contribution >= 4 is 17.8 Å². The van der Waals surface area contributed by atoms with Crippen LogP contribution < -0.4 is 5.73 Å². The molecule has 6 nitrogen and oxygen atoms in total. The number of primary amides is 1. The Hall–Kier alpha value is -1.59. The monoisotopic (exact) mass is 482 g/mol. The van der Waals surface area contributed by atoms with E-state index in [-0.39, 0.29) is 18.7 Å². The van der Waals surface area contributed by atoms with E-state index in [1.165, 1.54) is 115 Å². The van der Waals surface area contributed by atoms with Crippen LogP contribution in [0.2, 0.25) is 0 Å². The zero-order chi connectivity index (χ0) is 25.4. The zero-order valence-electron chi connectivity index (χ0n) is 22.3. The zero-order valence-corrected chi connectivity index (χ0v) is 22.3. The quantitative estimate of drug-likeness (QED) is 0.137. The number of hydrogen-bond acceptors (Lipinski definition) is 3. The minimum atomic E-state index is -1.09. The first-order chi connectivity index (χ1) is 16.4. The molecule has 0 bridgehead atoms. The first kappa shape index (κ1) is 32.4. The Morgan fingerprint density at radius 3 is 1.32 bits per heavy atom. The predicted octanol–water partition coefficient (Wildman–Crippen LogP) is 6.99. The molecule has 34 heavy (non-hydrogen) atoms. The molecule has 1 atom stereocenters. The summed E-state index contributed by atoms with van der Waals surface area (Å²) in [4.78, 5) is 35.8. The molecule has 0 rings (SSSR count). The van der Waals surface area contributed by atoms with Gasteiger partial charge >= 0.3 is 5.97 Å². The van der Waals surface area contributed by atoms with E-state index < -0.39 is 17.9 Å². The number of likely N-dealkylation sites (N-methyl/N-ethyl adjacent to an activating group) is 1. The lowest BCUT2D eigenvalue weighted by Gasteiger charge is -2.24. The van der Waals surface area contributed by atoms with Gasteiger partial charge in [0.25, 0.3) is 0 Å². The first-order valence-electron chi connectivity index (χ1n) is 14.2. The van der Waals surface area contributed by atoms with Crippen molar-refractivity contribution in [1.82, 2.24) is 4.90 Å². The van der Waals surface area contributed by atoms with Crippen LogP contribution in [0, 0.1) is 0 Å². The first-order valence-corrected chi connectivity index (χ1v) is 14.2. The molecule has 0 unspecified atom stereocenters. The molecule has 3 N–H and O–H groups in total. The summed E-state index contributed by atoms with van der Waals surface area (Å²) in [6.45, 7) is 2.27. The van der Waals surface area contributed by atoms with Gasteiger partial charge in [0.2, 0.25) is 11.8 Å². The smallest absolute Gasteiger partial charge is 0.326 e. The van der Waals surface area contributed by atoms with Crippen molar-refractivity contribution in [3.63, 3.8) is 0 Å². The van der Waals surface area contributed by atoms with E-state index >= 15 is 0 Å². The number of aliphatic carboxylic acids is 1. The average molecular weight is 483 g/mol. The summed E-state index contributed by atoms with van der Waals surface area (Å²) in [6, 6.07) is -0.986. The van der Waals surface area contributed by atoms with Crippen LogP contribution in [0.1, 0.15) is 148 Å². The van der Waals surface area contributed by atoms with Crippen LogP contribution in [0.3, 0.4) is 0 Å². The maximum absolute atomic E-state index is 12.3. The van der Waals surface area contributed by atoms with Gasteiger partial charge in [-0.25, -0.2) is 4.79 Å². The van der Waals surface area contributed by atoms with Crippen LogP contribution in [0.4, 0.5) is 0 Å². The summed E-state index contributed by atoms with van der Waals surface area (Å²) in [7, 11) is 1.50. The highest BCUT2D eigenvalue weighted by Gasteiger charge is 2.26. The maximum atomic E-state index is 12.3. The van der Waals surface area contributed by atoms with Crippen LogP contribution in [0.5, 0.6) is 0 Å². The van der Waals surface area contributed by atoms with Gasteiger partial charge in [0.1, 0.15) is 6.04 Å². The highest BCUT2D eigenvalue weighted by molar-refractivity contribution is 5.84. The van der Waals surface area contributed by atoms with Crippen molar-refractivity contribution in [2.45, 2.75) is 154 Å². The summed E-state index contributed by atoms with van der Waals surface area (Å²) in [5.41, 5.74) is 5.10. The lowest BCUT2D eigenvalue weighted by Crippen LogP contribution is -2.42. The van der Waals surface area contributed by atoms with E-state index in [2.05, 4.69) is 6.92 Å². The largest absolute Gasteiger partial charge is 0.480 e. The number of carbonyl (C=O) groups excluding carboxylic acids is 2. The van der Waals surface area contributed by atoms with E-state index in [0.29, 0.717) is 6.42 Å². The second kappa shape index (κ2) is 23.2. The molecule has 0 saturated heterocycles. The van der Waals surface area contributed by atoms with Gasteiger partial charge in [0.15, 0.2) is 0 Å². The third-order valence-corrected chi connectivity index (χ3v) is 6.80. The molecular weight excluding hydrogens is 428 g/mol. The Balaban J connectivity index is 3.49. The van der Waals surface area contributed by atoms with Gasteiger partial charge in [-0.05, 0) is 12.8 Å². The van der Waals surface area contributed by atoms with Crippen LogP contribution >= 0.6 is 0 Å². The Labute approximate surface area is 209 Å². The molecule has 0 aliphatic heterocycles. The summed E-state index contributed by atoms with van der Waals surface area (Å²) >= 11 is 0. The molecule has 6 heteroatoms. The fourth-order valence-corrected chi connectivity index (χ4v) is 4.47. The van der Waals surface area contributed by atoms with E-state index in [1.807, 2.05) is 0 Å². The van der Waals surface area contributed by atoms with E-state index in [0.717, 1.165) is 19.3 Å². The second-order valence-corrected chi connectivity index (χ2v) is 9.98. The van der Waals surface area contributed by atoms with Gasteiger partial charge in [0, 0.05) is 19.9 Å². The number of rotatable bonds is 25. The SMILES string of the molecule is CCCCCCCCCCCCCCCCCCCCCC(=O)N(C)[C@H](CCC(N)=O)C(=O)O. The number of carboxylic acids is 1. The summed E-state index contributed by atoms with van der Waals surface area (Å²) in [5.74, 6) is -1.82. The summed E-state index contributed by atoms with van der Waals surface area (Å²) in [6.07, 6.45) is 25.2. The number of nitrogens with two attached hydrogens (primary N) is 1. The highest BCUT2D eigenvalue weighted by Crippen LogP contribution is 2.15. The molecule has 0 spiro atoms. The standard InChI is InChI=1S/C28H54N2O4/c1-3-4-5-6-7-8-9-10-11-12-13-14-15-16-17-18-19-20-21-22-27(32)30(2)25(28(33)34)23-24-26(29)31/h25H,3-24H2,1-2H3,(H2,29,31)(H,33,34)/t25-/m1/s1. The molecule has 200 valence electrons. The number of carbonyl (C=O) groups is 3. The second-order valence-electron chi connectivity index (χ2n) is 9.98. The lowest BCUT2D eigenvalue weighted by atomic mass is 10.0. The highest BCUT2D eigenvalue weighted by atomic mass is 16.4.